The number of nitrogens with zero attached hydrogens (tertiary/aromatic N) is 1. The highest BCUT2D eigenvalue weighted by molar-refractivity contribution is 8.00. The van der Waals surface area contributed by atoms with Crippen LogP contribution in [-0.2, 0) is 10.2 Å². The van der Waals surface area contributed by atoms with Gasteiger partial charge in [-0.15, -0.1) is 11.8 Å². The molecule has 170 valence electrons. The maximum atomic E-state index is 13.3. The van der Waals surface area contributed by atoms with Gasteiger partial charge in [-0.05, 0) is 55.5 Å². The molecule has 0 radical (unpaired) electrons. The van der Waals surface area contributed by atoms with Crippen LogP contribution in [0.15, 0.2) is 53.4 Å². The minimum Gasteiger partial charge on any atom is -0.351 e. The van der Waals surface area contributed by atoms with Crippen LogP contribution < -0.4 is 5.32 Å². The molecule has 1 N–H and O–H groups in total. The summed E-state index contributed by atoms with van der Waals surface area (Å²) in [4.78, 5) is 28.4. The van der Waals surface area contributed by atoms with Gasteiger partial charge >= 0.3 is 0 Å². The van der Waals surface area contributed by atoms with Gasteiger partial charge in [0.05, 0.1) is 11.3 Å². The van der Waals surface area contributed by atoms with Crippen molar-refractivity contribution in [3.8, 4) is 0 Å². The SMILES string of the molecule is CN(C(=O)CSc1ccccc1C(=O)NCC1(c2ccc(F)cc2)CC1)C1CCCCC1. The molecule has 0 unspecified atom stereocenters. The summed E-state index contributed by atoms with van der Waals surface area (Å²) < 4.78 is 13.3. The molecule has 0 heterocycles. The fourth-order valence-electron chi connectivity index (χ4n) is 4.56. The van der Waals surface area contributed by atoms with Crippen LogP contribution in [0.4, 0.5) is 4.39 Å². The second-order valence-corrected chi connectivity index (χ2v) is 10.1. The molecular weight excluding hydrogens is 423 g/mol. The maximum absolute atomic E-state index is 13.3. The van der Waals surface area contributed by atoms with E-state index in [9.17, 15) is 14.0 Å². The van der Waals surface area contributed by atoms with Crippen LogP contribution in [0.5, 0.6) is 0 Å². The summed E-state index contributed by atoms with van der Waals surface area (Å²) >= 11 is 1.43. The Balaban J connectivity index is 1.35. The standard InChI is InChI=1S/C26H31FN2O2S/c1-29(21-7-3-2-4-8-21)24(30)17-32-23-10-6-5-9-22(23)25(31)28-18-26(15-16-26)19-11-13-20(27)14-12-19/h5-6,9-14,21H,2-4,7-8,15-18H2,1H3,(H,28,31). The topological polar surface area (TPSA) is 49.4 Å². The van der Waals surface area contributed by atoms with Gasteiger partial charge in [-0.1, -0.05) is 43.5 Å². The van der Waals surface area contributed by atoms with E-state index in [4.69, 9.17) is 0 Å². The summed E-state index contributed by atoms with van der Waals surface area (Å²) in [7, 11) is 1.90. The van der Waals surface area contributed by atoms with Crippen molar-refractivity contribution < 1.29 is 14.0 Å². The second kappa shape index (κ2) is 10.1. The van der Waals surface area contributed by atoms with Crippen molar-refractivity contribution in [3.63, 3.8) is 0 Å². The molecular formula is C26H31FN2O2S. The Morgan fingerprint density at radius 2 is 1.75 bits per heavy atom. The Morgan fingerprint density at radius 3 is 2.44 bits per heavy atom. The third-order valence-electron chi connectivity index (χ3n) is 6.90. The van der Waals surface area contributed by atoms with E-state index in [0.29, 0.717) is 23.9 Å². The number of nitrogens with one attached hydrogen (secondary N) is 1. The number of hydrogen-bond donors (Lipinski definition) is 1. The molecule has 2 aromatic rings. The first-order valence-electron chi connectivity index (χ1n) is 11.5. The minimum atomic E-state index is -0.247. The zero-order valence-corrected chi connectivity index (χ0v) is 19.4. The lowest BCUT2D eigenvalue weighted by Crippen LogP contribution is -2.39. The first kappa shape index (κ1) is 22.8. The monoisotopic (exact) mass is 454 g/mol. The maximum Gasteiger partial charge on any atom is 0.252 e. The summed E-state index contributed by atoms with van der Waals surface area (Å²) in [5.41, 5.74) is 1.57. The molecule has 2 fully saturated rings. The first-order valence-corrected chi connectivity index (χ1v) is 12.5. The zero-order chi connectivity index (χ0) is 22.6. The number of carbonyl (C=O) groups excluding carboxylic acids is 2. The van der Waals surface area contributed by atoms with Crippen LogP contribution in [0, 0.1) is 5.82 Å². The molecule has 0 atom stereocenters. The molecule has 0 bridgehead atoms. The molecule has 2 aromatic carbocycles. The highest BCUT2D eigenvalue weighted by Gasteiger charge is 2.44. The molecule has 6 heteroatoms. The summed E-state index contributed by atoms with van der Waals surface area (Å²) in [6.45, 7) is 0.528. The van der Waals surface area contributed by atoms with Gasteiger partial charge in [-0.25, -0.2) is 4.39 Å². The highest BCUT2D eigenvalue weighted by atomic mass is 32.2. The fraction of sp³-hybridized carbons (Fsp3) is 0.462. The lowest BCUT2D eigenvalue weighted by Gasteiger charge is -2.31. The molecule has 2 amide bonds. The normalized spacial score (nSPS) is 17.6. The molecule has 0 aliphatic heterocycles. The number of hydrogen-bond acceptors (Lipinski definition) is 3. The smallest absolute Gasteiger partial charge is 0.252 e. The number of thioether (sulfide) groups is 1. The number of rotatable bonds is 8. The van der Waals surface area contributed by atoms with Crippen LogP contribution in [0.3, 0.4) is 0 Å². The van der Waals surface area contributed by atoms with Crippen LogP contribution in [0.1, 0.15) is 60.9 Å². The Kier molecular flexibility index (Phi) is 7.19. The van der Waals surface area contributed by atoms with E-state index in [1.54, 1.807) is 0 Å². The molecule has 4 nitrogen and oxygen atoms in total. The number of carbonyl (C=O) groups is 2. The number of benzene rings is 2. The molecule has 32 heavy (non-hydrogen) atoms. The van der Waals surface area contributed by atoms with E-state index in [1.165, 1.54) is 43.2 Å². The Hall–Kier alpha value is -2.34. The van der Waals surface area contributed by atoms with Crippen molar-refractivity contribution in [1.82, 2.24) is 10.2 Å². The van der Waals surface area contributed by atoms with Gasteiger partial charge in [-0.2, -0.15) is 0 Å². The molecule has 2 aliphatic rings. The van der Waals surface area contributed by atoms with E-state index >= 15 is 0 Å². The minimum absolute atomic E-state index is 0.0931. The van der Waals surface area contributed by atoms with E-state index in [1.807, 2.05) is 48.3 Å². The van der Waals surface area contributed by atoms with Crippen LogP contribution in [0.25, 0.3) is 0 Å². The van der Waals surface area contributed by atoms with Gasteiger partial charge in [0.25, 0.3) is 5.91 Å². The highest BCUT2D eigenvalue weighted by Crippen LogP contribution is 2.47. The van der Waals surface area contributed by atoms with Gasteiger partial charge in [0, 0.05) is 29.9 Å². The molecule has 0 aromatic heterocycles. The Bertz CT molecular complexity index is 953. The lowest BCUT2D eigenvalue weighted by atomic mass is 9.94. The summed E-state index contributed by atoms with van der Waals surface area (Å²) in [6.07, 6.45) is 7.78. The molecule has 4 rings (SSSR count). The summed E-state index contributed by atoms with van der Waals surface area (Å²) in [5, 5.41) is 3.08. The van der Waals surface area contributed by atoms with Gasteiger partial charge < -0.3 is 10.2 Å². The third kappa shape index (κ3) is 5.34. The zero-order valence-electron chi connectivity index (χ0n) is 18.6. The van der Waals surface area contributed by atoms with Gasteiger partial charge in [-0.3, -0.25) is 9.59 Å². The lowest BCUT2D eigenvalue weighted by molar-refractivity contribution is -0.129. The van der Waals surface area contributed by atoms with E-state index < -0.39 is 0 Å². The van der Waals surface area contributed by atoms with E-state index in [2.05, 4.69) is 5.32 Å². The Morgan fingerprint density at radius 1 is 1.06 bits per heavy atom. The van der Waals surface area contributed by atoms with Crippen LogP contribution in [0.2, 0.25) is 0 Å². The van der Waals surface area contributed by atoms with E-state index in [0.717, 1.165) is 36.1 Å². The van der Waals surface area contributed by atoms with Crippen molar-refractivity contribution in [3.05, 3.63) is 65.5 Å². The summed E-state index contributed by atoms with van der Waals surface area (Å²) in [5.74, 6) is 0.0692. The quantitative estimate of drug-likeness (QED) is 0.560. The Labute approximate surface area is 194 Å². The van der Waals surface area contributed by atoms with Crippen LogP contribution in [-0.4, -0.2) is 42.1 Å². The predicted octanol–water partition coefficient (Wildman–Crippen LogP) is 5.17. The average molecular weight is 455 g/mol. The largest absolute Gasteiger partial charge is 0.351 e. The van der Waals surface area contributed by atoms with Crippen molar-refractivity contribution >= 4 is 23.6 Å². The second-order valence-electron chi connectivity index (χ2n) is 9.05. The van der Waals surface area contributed by atoms with E-state index in [-0.39, 0.29) is 23.0 Å². The van der Waals surface area contributed by atoms with Crippen molar-refractivity contribution in [2.24, 2.45) is 0 Å². The first-order chi connectivity index (χ1) is 15.5. The molecule has 2 saturated carbocycles. The average Bonchev–Trinajstić information content (AvgIpc) is 3.63. The van der Waals surface area contributed by atoms with Gasteiger partial charge in [0.1, 0.15) is 5.82 Å². The van der Waals surface area contributed by atoms with Crippen molar-refractivity contribution in [1.29, 1.82) is 0 Å². The molecule has 0 spiro atoms. The fourth-order valence-corrected chi connectivity index (χ4v) is 5.53. The molecule has 2 aliphatic carbocycles. The number of amides is 2. The van der Waals surface area contributed by atoms with Crippen LogP contribution >= 0.6 is 11.8 Å². The van der Waals surface area contributed by atoms with Crippen molar-refractivity contribution in [2.45, 2.75) is 61.3 Å². The number of halogens is 1. The van der Waals surface area contributed by atoms with Crippen molar-refractivity contribution in [2.75, 3.05) is 19.3 Å². The van der Waals surface area contributed by atoms with Gasteiger partial charge in [0.2, 0.25) is 5.91 Å². The predicted molar refractivity (Wildman–Crippen MR) is 126 cm³/mol. The summed E-state index contributed by atoms with van der Waals surface area (Å²) in [6, 6.07) is 14.4. The molecule has 0 saturated heterocycles. The third-order valence-corrected chi connectivity index (χ3v) is 7.95. The van der Waals surface area contributed by atoms with Gasteiger partial charge in [0.15, 0.2) is 0 Å².